The van der Waals surface area contributed by atoms with Crippen LogP contribution in [-0.4, -0.2) is 24.7 Å². The molecule has 136 valence electrons. The van der Waals surface area contributed by atoms with Crippen molar-refractivity contribution in [1.82, 2.24) is 5.32 Å². The molecule has 1 aliphatic heterocycles. The average molecular weight is 358 g/mol. The lowest BCUT2D eigenvalue weighted by molar-refractivity contribution is -0.114. The predicted octanol–water partition coefficient (Wildman–Crippen LogP) is 2.83. The first-order valence-corrected chi connectivity index (χ1v) is 8.34. The molecule has 1 saturated heterocycles. The third-order valence-corrected chi connectivity index (χ3v) is 4.53. The highest BCUT2D eigenvalue weighted by molar-refractivity contribution is 6.28. The standard InChI is InChI=1S/C19H20F2N4O/c20-14-8-12(17(22)16(9-14)18(23)26)10-25-15-4-2-13(3-5-15)19(21)6-1-7-24-11-19/h2-5,8-10,22,24-25H,1,6-7,11H2,(H2,23,26)/b12-10-,22-17?. The maximum Gasteiger partial charge on any atom is 0.250 e. The molecule has 7 heteroatoms. The zero-order valence-electron chi connectivity index (χ0n) is 14.1. The van der Waals surface area contributed by atoms with E-state index in [0.29, 0.717) is 24.2 Å². The molecule has 0 spiro atoms. The number of piperidine rings is 1. The molecule has 1 atom stereocenters. The number of hydrogen-bond acceptors (Lipinski definition) is 4. The van der Waals surface area contributed by atoms with Crippen molar-refractivity contribution in [2.45, 2.75) is 18.5 Å². The topological polar surface area (TPSA) is 91.0 Å². The van der Waals surface area contributed by atoms with E-state index in [4.69, 9.17) is 11.1 Å². The lowest BCUT2D eigenvalue weighted by Gasteiger charge is -2.30. The van der Waals surface area contributed by atoms with Gasteiger partial charge in [-0.2, -0.15) is 0 Å². The number of rotatable bonds is 4. The Kier molecular flexibility index (Phi) is 4.99. The first-order valence-electron chi connectivity index (χ1n) is 8.34. The summed E-state index contributed by atoms with van der Waals surface area (Å²) in [6, 6.07) is 6.87. The third kappa shape index (κ3) is 3.72. The van der Waals surface area contributed by atoms with E-state index in [9.17, 15) is 13.6 Å². The summed E-state index contributed by atoms with van der Waals surface area (Å²) in [5.41, 5.74) is 4.92. The molecule has 5 nitrogen and oxygen atoms in total. The van der Waals surface area contributed by atoms with Crippen LogP contribution in [0.15, 0.2) is 59.6 Å². The van der Waals surface area contributed by atoms with Crippen LogP contribution in [0.1, 0.15) is 18.4 Å². The quantitative estimate of drug-likeness (QED) is 0.667. The van der Waals surface area contributed by atoms with Crippen LogP contribution in [0, 0.1) is 5.41 Å². The Morgan fingerprint density at radius 1 is 1.31 bits per heavy atom. The number of carbonyl (C=O) groups excluding carboxylic acids is 1. The van der Waals surface area contributed by atoms with Gasteiger partial charge in [0.15, 0.2) is 0 Å². The molecular weight excluding hydrogens is 338 g/mol. The molecular formula is C19H20F2N4O. The van der Waals surface area contributed by atoms with Crippen molar-refractivity contribution in [1.29, 1.82) is 5.41 Å². The van der Waals surface area contributed by atoms with Crippen molar-refractivity contribution in [3.05, 3.63) is 65.2 Å². The molecule has 0 saturated carbocycles. The van der Waals surface area contributed by atoms with Crippen LogP contribution in [0.2, 0.25) is 0 Å². The second kappa shape index (κ2) is 7.21. The fraction of sp³-hybridized carbons (Fsp3) is 0.263. The maximum absolute atomic E-state index is 14.9. The van der Waals surface area contributed by atoms with E-state index in [1.807, 2.05) is 0 Å². The number of alkyl halides is 1. The van der Waals surface area contributed by atoms with Gasteiger partial charge in [0.2, 0.25) is 0 Å². The first kappa shape index (κ1) is 18.0. The Morgan fingerprint density at radius 2 is 2.04 bits per heavy atom. The monoisotopic (exact) mass is 358 g/mol. The highest BCUT2D eigenvalue weighted by atomic mass is 19.1. The van der Waals surface area contributed by atoms with Crippen LogP contribution in [-0.2, 0) is 10.5 Å². The van der Waals surface area contributed by atoms with E-state index in [0.717, 1.165) is 25.1 Å². The van der Waals surface area contributed by atoms with Gasteiger partial charge >= 0.3 is 0 Å². The second-order valence-electron chi connectivity index (χ2n) is 6.39. The Hall–Kier alpha value is -2.80. The zero-order chi connectivity index (χ0) is 18.7. The van der Waals surface area contributed by atoms with Crippen LogP contribution in [0.3, 0.4) is 0 Å². The van der Waals surface area contributed by atoms with Crippen molar-refractivity contribution in [3.63, 3.8) is 0 Å². The zero-order valence-corrected chi connectivity index (χ0v) is 14.1. The number of halogens is 2. The Balaban J connectivity index is 1.74. The van der Waals surface area contributed by atoms with Gasteiger partial charge in [0.25, 0.3) is 5.91 Å². The number of primary amides is 1. The summed E-state index contributed by atoms with van der Waals surface area (Å²) >= 11 is 0. The number of nitrogens with two attached hydrogens (primary N) is 1. The number of hydrogen-bond donors (Lipinski definition) is 4. The molecule has 1 heterocycles. The normalized spacial score (nSPS) is 24.8. The van der Waals surface area contributed by atoms with Crippen LogP contribution in [0.4, 0.5) is 14.5 Å². The van der Waals surface area contributed by atoms with Gasteiger partial charge in [-0.1, -0.05) is 12.1 Å². The second-order valence-corrected chi connectivity index (χ2v) is 6.39. The van der Waals surface area contributed by atoms with Crippen molar-refractivity contribution < 1.29 is 13.6 Å². The third-order valence-electron chi connectivity index (χ3n) is 4.53. The number of allylic oxidation sites excluding steroid dienone is 4. The highest BCUT2D eigenvalue weighted by Gasteiger charge is 2.33. The molecule has 0 bridgehead atoms. The summed E-state index contributed by atoms with van der Waals surface area (Å²) in [5.74, 6) is -1.51. The van der Waals surface area contributed by atoms with Crippen molar-refractivity contribution in [2.75, 3.05) is 18.4 Å². The van der Waals surface area contributed by atoms with Gasteiger partial charge in [-0.15, -0.1) is 0 Å². The summed E-state index contributed by atoms with van der Waals surface area (Å²) in [7, 11) is 0. The maximum atomic E-state index is 14.9. The van der Waals surface area contributed by atoms with Crippen molar-refractivity contribution in [3.8, 4) is 0 Å². The minimum Gasteiger partial charge on any atom is -0.366 e. The van der Waals surface area contributed by atoms with E-state index in [-0.39, 0.29) is 16.9 Å². The Bertz CT molecular complexity index is 818. The molecule has 26 heavy (non-hydrogen) atoms. The molecule has 1 amide bonds. The summed E-state index contributed by atoms with van der Waals surface area (Å²) in [5, 5.41) is 13.9. The van der Waals surface area contributed by atoms with E-state index < -0.39 is 17.4 Å². The van der Waals surface area contributed by atoms with Crippen LogP contribution < -0.4 is 16.4 Å². The molecule has 1 fully saturated rings. The smallest absolute Gasteiger partial charge is 0.250 e. The molecule has 0 aromatic heterocycles. The number of amides is 1. The number of nitrogens with one attached hydrogen (secondary N) is 3. The summed E-state index contributed by atoms with van der Waals surface area (Å²) < 4.78 is 28.5. The molecule has 3 rings (SSSR count). The van der Waals surface area contributed by atoms with E-state index >= 15 is 0 Å². The Labute approximate surface area is 150 Å². The summed E-state index contributed by atoms with van der Waals surface area (Å²) in [6.07, 6.45) is 4.77. The molecule has 2 aliphatic rings. The first-order chi connectivity index (χ1) is 12.4. The largest absolute Gasteiger partial charge is 0.366 e. The minimum absolute atomic E-state index is 0.154. The van der Waals surface area contributed by atoms with Gasteiger partial charge in [0.1, 0.15) is 11.5 Å². The van der Waals surface area contributed by atoms with E-state index in [1.165, 1.54) is 6.20 Å². The van der Waals surface area contributed by atoms with Crippen molar-refractivity contribution in [2.24, 2.45) is 5.73 Å². The van der Waals surface area contributed by atoms with E-state index in [2.05, 4.69) is 10.6 Å². The molecule has 1 aromatic carbocycles. The number of anilines is 1. The highest BCUT2D eigenvalue weighted by Crippen LogP contribution is 2.33. The van der Waals surface area contributed by atoms with Crippen molar-refractivity contribution >= 4 is 17.3 Å². The predicted molar refractivity (Wildman–Crippen MR) is 97.2 cm³/mol. The molecule has 1 aromatic rings. The van der Waals surface area contributed by atoms with Gasteiger partial charge in [0.05, 0.1) is 11.3 Å². The van der Waals surface area contributed by atoms with Gasteiger partial charge in [-0.05, 0) is 49.2 Å². The van der Waals surface area contributed by atoms with Gasteiger partial charge in [0, 0.05) is 24.0 Å². The van der Waals surface area contributed by atoms with E-state index in [1.54, 1.807) is 24.3 Å². The van der Waals surface area contributed by atoms with Crippen LogP contribution in [0.5, 0.6) is 0 Å². The number of carbonyl (C=O) groups is 1. The SMILES string of the molecule is N=C1C(C(N)=O)=CC(F)=C/C1=C/Nc1ccc(C2(F)CCCNC2)cc1. The fourth-order valence-corrected chi connectivity index (χ4v) is 3.08. The average Bonchev–Trinajstić information content (AvgIpc) is 2.63. The van der Waals surface area contributed by atoms with Gasteiger partial charge in [-0.25, -0.2) is 8.78 Å². The van der Waals surface area contributed by atoms with Crippen LogP contribution in [0.25, 0.3) is 0 Å². The van der Waals surface area contributed by atoms with Gasteiger partial charge < -0.3 is 16.4 Å². The molecule has 1 aliphatic carbocycles. The fourth-order valence-electron chi connectivity index (χ4n) is 3.08. The Morgan fingerprint density at radius 3 is 2.65 bits per heavy atom. The molecule has 0 radical (unpaired) electrons. The summed E-state index contributed by atoms with van der Waals surface area (Å²) in [4.78, 5) is 11.3. The number of benzene rings is 1. The van der Waals surface area contributed by atoms with Gasteiger partial charge in [-0.3, -0.25) is 10.2 Å². The molecule has 1 unspecified atom stereocenters. The minimum atomic E-state index is -1.37. The lowest BCUT2D eigenvalue weighted by Crippen LogP contribution is -2.40. The lowest BCUT2D eigenvalue weighted by atomic mass is 9.88. The summed E-state index contributed by atoms with van der Waals surface area (Å²) in [6.45, 7) is 1.13. The molecule has 5 N–H and O–H groups in total. The van der Waals surface area contributed by atoms with Crippen LogP contribution >= 0.6 is 0 Å².